The van der Waals surface area contributed by atoms with Crippen LogP contribution in [0.3, 0.4) is 0 Å². The van der Waals surface area contributed by atoms with Gasteiger partial charge in [0.2, 0.25) is 0 Å². The zero-order chi connectivity index (χ0) is 12.1. The van der Waals surface area contributed by atoms with Crippen molar-refractivity contribution < 1.29 is 4.74 Å². The van der Waals surface area contributed by atoms with Gasteiger partial charge in [-0.15, -0.1) is 0 Å². The van der Waals surface area contributed by atoms with Gasteiger partial charge in [0.15, 0.2) is 0 Å². The summed E-state index contributed by atoms with van der Waals surface area (Å²) >= 11 is 0. The SMILES string of the molecule is COc1ccc(C(C=C(C)C)NN)cc1C. The van der Waals surface area contributed by atoms with Gasteiger partial charge in [-0.25, -0.2) is 5.43 Å². The molecule has 3 nitrogen and oxygen atoms in total. The predicted octanol–water partition coefficient (Wildman–Crippen LogP) is 2.47. The second-order valence-corrected chi connectivity index (χ2v) is 4.12. The van der Waals surface area contributed by atoms with Crippen molar-refractivity contribution in [3.8, 4) is 5.75 Å². The summed E-state index contributed by atoms with van der Waals surface area (Å²) in [5.41, 5.74) is 6.28. The second kappa shape index (κ2) is 5.68. The van der Waals surface area contributed by atoms with E-state index in [1.807, 2.05) is 19.1 Å². The smallest absolute Gasteiger partial charge is 0.121 e. The van der Waals surface area contributed by atoms with Gasteiger partial charge in [0.1, 0.15) is 5.75 Å². The van der Waals surface area contributed by atoms with Gasteiger partial charge < -0.3 is 4.74 Å². The number of hydrogen-bond donors (Lipinski definition) is 2. The normalized spacial score (nSPS) is 12.1. The van der Waals surface area contributed by atoms with Gasteiger partial charge in [0.05, 0.1) is 13.2 Å². The molecule has 1 aromatic rings. The lowest BCUT2D eigenvalue weighted by atomic mass is 10.0. The fourth-order valence-corrected chi connectivity index (χ4v) is 1.67. The lowest BCUT2D eigenvalue weighted by Crippen LogP contribution is -2.26. The van der Waals surface area contributed by atoms with Crippen LogP contribution in [-0.2, 0) is 0 Å². The van der Waals surface area contributed by atoms with E-state index < -0.39 is 0 Å². The summed E-state index contributed by atoms with van der Waals surface area (Å²) in [7, 11) is 1.68. The average Bonchev–Trinajstić information content (AvgIpc) is 2.25. The zero-order valence-electron chi connectivity index (χ0n) is 10.4. The van der Waals surface area contributed by atoms with Crippen LogP contribution < -0.4 is 16.0 Å². The first-order chi connectivity index (χ1) is 7.58. The Balaban J connectivity index is 3.03. The summed E-state index contributed by atoms with van der Waals surface area (Å²) in [6.45, 7) is 6.14. The predicted molar refractivity (Wildman–Crippen MR) is 67.2 cm³/mol. The zero-order valence-corrected chi connectivity index (χ0v) is 10.4. The molecule has 88 valence electrons. The molecule has 0 aliphatic carbocycles. The van der Waals surface area contributed by atoms with Gasteiger partial charge >= 0.3 is 0 Å². The van der Waals surface area contributed by atoms with Gasteiger partial charge in [-0.05, 0) is 38.0 Å². The first-order valence-corrected chi connectivity index (χ1v) is 5.34. The minimum atomic E-state index is 0.0506. The van der Waals surface area contributed by atoms with Crippen LogP contribution in [0.15, 0.2) is 29.8 Å². The third-order valence-electron chi connectivity index (χ3n) is 2.46. The van der Waals surface area contributed by atoms with Crippen LogP contribution in [-0.4, -0.2) is 7.11 Å². The number of nitrogens with two attached hydrogens (primary N) is 1. The van der Waals surface area contributed by atoms with Gasteiger partial charge in [-0.3, -0.25) is 5.84 Å². The molecule has 1 rings (SSSR count). The molecule has 0 saturated heterocycles. The van der Waals surface area contributed by atoms with Crippen LogP contribution in [0.1, 0.15) is 31.0 Å². The number of allylic oxidation sites excluding steroid dienone is 1. The maximum absolute atomic E-state index is 5.55. The molecule has 0 spiro atoms. The lowest BCUT2D eigenvalue weighted by molar-refractivity contribution is 0.411. The molecule has 0 aromatic heterocycles. The highest BCUT2D eigenvalue weighted by molar-refractivity contribution is 5.38. The molecule has 0 aliphatic heterocycles. The number of hydrogen-bond acceptors (Lipinski definition) is 3. The highest BCUT2D eigenvalue weighted by atomic mass is 16.5. The maximum Gasteiger partial charge on any atom is 0.121 e. The first kappa shape index (κ1) is 12.7. The summed E-state index contributed by atoms with van der Waals surface area (Å²) in [4.78, 5) is 0. The van der Waals surface area contributed by atoms with Crippen molar-refractivity contribution in [2.24, 2.45) is 5.84 Å². The van der Waals surface area contributed by atoms with E-state index in [1.165, 1.54) is 5.57 Å². The fraction of sp³-hybridized carbons (Fsp3) is 0.385. The van der Waals surface area contributed by atoms with Crippen molar-refractivity contribution in [3.63, 3.8) is 0 Å². The monoisotopic (exact) mass is 220 g/mol. The Bertz CT molecular complexity index is 382. The molecule has 0 aliphatic rings. The second-order valence-electron chi connectivity index (χ2n) is 4.12. The highest BCUT2D eigenvalue weighted by Crippen LogP contribution is 2.23. The summed E-state index contributed by atoms with van der Waals surface area (Å²) < 4.78 is 5.23. The number of benzene rings is 1. The van der Waals surface area contributed by atoms with Gasteiger partial charge in [-0.2, -0.15) is 0 Å². The minimum Gasteiger partial charge on any atom is -0.496 e. The Kier molecular flexibility index (Phi) is 4.52. The van der Waals surface area contributed by atoms with E-state index in [4.69, 9.17) is 10.6 Å². The van der Waals surface area contributed by atoms with Crippen LogP contribution in [0.2, 0.25) is 0 Å². The molecule has 3 N–H and O–H groups in total. The molecule has 0 bridgehead atoms. The average molecular weight is 220 g/mol. The molecule has 0 amide bonds. The van der Waals surface area contributed by atoms with E-state index in [0.717, 1.165) is 16.9 Å². The van der Waals surface area contributed by atoms with Gasteiger partial charge in [0, 0.05) is 0 Å². The fourth-order valence-electron chi connectivity index (χ4n) is 1.67. The molecule has 1 aromatic carbocycles. The number of hydrazine groups is 1. The lowest BCUT2D eigenvalue weighted by Gasteiger charge is -2.15. The van der Waals surface area contributed by atoms with Crippen LogP contribution >= 0.6 is 0 Å². The summed E-state index contributed by atoms with van der Waals surface area (Å²) in [5, 5.41) is 0. The molecule has 0 heterocycles. The summed E-state index contributed by atoms with van der Waals surface area (Å²) in [5.74, 6) is 6.45. The molecule has 0 radical (unpaired) electrons. The molecular weight excluding hydrogens is 200 g/mol. The standard InChI is InChI=1S/C13H20N2O/c1-9(2)7-12(15-14)11-5-6-13(16-4)10(3)8-11/h5-8,12,15H,14H2,1-4H3. The number of methoxy groups -OCH3 is 1. The number of rotatable bonds is 4. The van der Waals surface area contributed by atoms with Crippen LogP contribution in [0.5, 0.6) is 5.75 Å². The topological polar surface area (TPSA) is 47.3 Å². The third kappa shape index (κ3) is 3.08. The number of nitrogens with one attached hydrogen (secondary N) is 1. The molecule has 16 heavy (non-hydrogen) atoms. The van der Waals surface area contributed by atoms with Crippen molar-refractivity contribution in [2.75, 3.05) is 7.11 Å². The van der Waals surface area contributed by atoms with Crippen molar-refractivity contribution in [2.45, 2.75) is 26.8 Å². The van der Waals surface area contributed by atoms with Crippen LogP contribution in [0.25, 0.3) is 0 Å². The number of aryl methyl sites for hydroxylation is 1. The van der Waals surface area contributed by atoms with E-state index in [1.54, 1.807) is 7.11 Å². The van der Waals surface area contributed by atoms with Gasteiger partial charge in [0.25, 0.3) is 0 Å². The Morgan fingerprint density at radius 1 is 1.44 bits per heavy atom. The molecular formula is C13H20N2O. The Morgan fingerprint density at radius 3 is 2.56 bits per heavy atom. The van der Waals surface area contributed by atoms with E-state index in [0.29, 0.717) is 0 Å². The van der Waals surface area contributed by atoms with Crippen molar-refractivity contribution >= 4 is 0 Å². The Labute approximate surface area is 97.3 Å². The Morgan fingerprint density at radius 2 is 2.12 bits per heavy atom. The highest BCUT2D eigenvalue weighted by Gasteiger charge is 2.08. The van der Waals surface area contributed by atoms with Crippen molar-refractivity contribution in [3.05, 3.63) is 41.0 Å². The van der Waals surface area contributed by atoms with E-state index in [-0.39, 0.29) is 6.04 Å². The van der Waals surface area contributed by atoms with E-state index in [9.17, 15) is 0 Å². The largest absolute Gasteiger partial charge is 0.496 e. The minimum absolute atomic E-state index is 0.0506. The maximum atomic E-state index is 5.55. The molecule has 0 fully saturated rings. The number of ether oxygens (including phenoxy) is 1. The molecule has 0 saturated carbocycles. The third-order valence-corrected chi connectivity index (χ3v) is 2.46. The first-order valence-electron chi connectivity index (χ1n) is 5.34. The van der Waals surface area contributed by atoms with Crippen LogP contribution in [0.4, 0.5) is 0 Å². The van der Waals surface area contributed by atoms with E-state index >= 15 is 0 Å². The van der Waals surface area contributed by atoms with Crippen molar-refractivity contribution in [1.82, 2.24) is 5.43 Å². The summed E-state index contributed by atoms with van der Waals surface area (Å²) in [6, 6.07) is 6.13. The molecule has 1 unspecified atom stereocenters. The van der Waals surface area contributed by atoms with Gasteiger partial charge in [-0.1, -0.05) is 23.8 Å². The Hall–Kier alpha value is -1.32. The van der Waals surface area contributed by atoms with E-state index in [2.05, 4.69) is 31.4 Å². The molecule has 1 atom stereocenters. The van der Waals surface area contributed by atoms with Crippen molar-refractivity contribution in [1.29, 1.82) is 0 Å². The molecule has 3 heteroatoms. The summed E-state index contributed by atoms with van der Waals surface area (Å²) in [6.07, 6.45) is 2.10. The quantitative estimate of drug-likeness (QED) is 0.465. The van der Waals surface area contributed by atoms with Crippen LogP contribution in [0, 0.1) is 6.92 Å².